The number of benzene rings is 2. The Hall–Kier alpha value is -2.21. The van der Waals surface area contributed by atoms with E-state index in [1.54, 1.807) is 0 Å². The molecule has 2 aromatic carbocycles. The standard InChI is InChI=1S/C21H24N4O.ClH/c22-21(12-7-13-21)20-23-19(26-24-20)16-25(14-17-8-3-1-4-9-17)15-18-10-5-2-6-11-18;/h1-6,8-11H,7,12-16,22H2;1H. The van der Waals surface area contributed by atoms with Crippen LogP contribution in [0.15, 0.2) is 65.2 Å². The van der Waals surface area contributed by atoms with Gasteiger partial charge < -0.3 is 10.3 Å². The van der Waals surface area contributed by atoms with E-state index in [-0.39, 0.29) is 17.9 Å². The fourth-order valence-electron chi connectivity index (χ4n) is 3.34. The summed E-state index contributed by atoms with van der Waals surface area (Å²) < 4.78 is 5.51. The van der Waals surface area contributed by atoms with Gasteiger partial charge in [0.2, 0.25) is 5.89 Å². The van der Waals surface area contributed by atoms with Crippen LogP contribution >= 0.6 is 12.4 Å². The lowest BCUT2D eigenvalue weighted by atomic mass is 9.77. The van der Waals surface area contributed by atoms with Crippen LogP contribution in [-0.2, 0) is 25.2 Å². The second-order valence-electron chi connectivity index (χ2n) is 7.14. The maximum absolute atomic E-state index is 6.32. The molecule has 1 fully saturated rings. The summed E-state index contributed by atoms with van der Waals surface area (Å²) in [6.07, 6.45) is 3.00. The van der Waals surface area contributed by atoms with E-state index in [4.69, 9.17) is 10.3 Å². The molecule has 2 N–H and O–H groups in total. The highest BCUT2D eigenvalue weighted by molar-refractivity contribution is 5.85. The molecule has 1 heterocycles. The van der Waals surface area contributed by atoms with Gasteiger partial charge in [-0.05, 0) is 30.4 Å². The molecular weight excluding hydrogens is 360 g/mol. The number of nitrogens with zero attached hydrogens (tertiary/aromatic N) is 3. The van der Waals surface area contributed by atoms with E-state index >= 15 is 0 Å². The van der Waals surface area contributed by atoms with Crippen LogP contribution in [0.25, 0.3) is 0 Å². The van der Waals surface area contributed by atoms with Gasteiger partial charge in [-0.15, -0.1) is 12.4 Å². The van der Waals surface area contributed by atoms with Crippen molar-refractivity contribution in [2.24, 2.45) is 5.73 Å². The first-order valence-corrected chi connectivity index (χ1v) is 9.13. The third kappa shape index (κ3) is 4.75. The monoisotopic (exact) mass is 384 g/mol. The molecule has 1 aliphatic carbocycles. The molecule has 0 saturated heterocycles. The molecular formula is C21H25ClN4O. The Kier molecular flexibility index (Phi) is 6.26. The Labute approximate surface area is 166 Å². The van der Waals surface area contributed by atoms with Crippen LogP contribution in [0.3, 0.4) is 0 Å². The fraction of sp³-hybridized carbons (Fsp3) is 0.333. The summed E-state index contributed by atoms with van der Waals surface area (Å²) in [5.41, 5.74) is 8.46. The van der Waals surface area contributed by atoms with Crippen molar-refractivity contribution >= 4 is 12.4 Å². The third-order valence-corrected chi connectivity index (χ3v) is 5.02. The van der Waals surface area contributed by atoms with Crippen molar-refractivity contribution in [2.75, 3.05) is 0 Å². The zero-order valence-electron chi connectivity index (χ0n) is 15.3. The molecule has 0 radical (unpaired) electrons. The third-order valence-electron chi connectivity index (χ3n) is 5.02. The van der Waals surface area contributed by atoms with Gasteiger partial charge >= 0.3 is 0 Å². The highest BCUT2D eigenvalue weighted by Crippen LogP contribution is 2.36. The Balaban J connectivity index is 0.00000210. The summed E-state index contributed by atoms with van der Waals surface area (Å²) in [7, 11) is 0. The number of rotatable bonds is 7. The zero-order chi connectivity index (χ0) is 17.8. The zero-order valence-corrected chi connectivity index (χ0v) is 16.1. The first-order valence-electron chi connectivity index (χ1n) is 9.13. The van der Waals surface area contributed by atoms with Crippen LogP contribution < -0.4 is 5.73 Å². The van der Waals surface area contributed by atoms with Crippen LogP contribution in [0.2, 0.25) is 0 Å². The minimum Gasteiger partial charge on any atom is -0.338 e. The largest absolute Gasteiger partial charge is 0.338 e. The van der Waals surface area contributed by atoms with Crippen LogP contribution in [0, 0.1) is 0 Å². The number of hydrogen-bond acceptors (Lipinski definition) is 5. The molecule has 5 nitrogen and oxygen atoms in total. The van der Waals surface area contributed by atoms with Crippen LogP contribution in [0.5, 0.6) is 0 Å². The first kappa shape index (κ1) is 19.5. The van der Waals surface area contributed by atoms with Crippen LogP contribution in [0.4, 0.5) is 0 Å². The molecule has 6 heteroatoms. The van der Waals surface area contributed by atoms with Crippen molar-refractivity contribution in [3.8, 4) is 0 Å². The molecule has 0 aliphatic heterocycles. The maximum Gasteiger partial charge on any atom is 0.240 e. The summed E-state index contributed by atoms with van der Waals surface area (Å²) in [5.74, 6) is 1.28. The molecule has 1 saturated carbocycles. The van der Waals surface area contributed by atoms with E-state index in [0.717, 1.165) is 32.4 Å². The van der Waals surface area contributed by atoms with Crippen molar-refractivity contribution in [1.29, 1.82) is 0 Å². The molecule has 1 aromatic heterocycles. The Morgan fingerprint density at radius 3 is 1.93 bits per heavy atom. The maximum atomic E-state index is 6.32. The van der Waals surface area contributed by atoms with Crippen LogP contribution in [-0.4, -0.2) is 15.0 Å². The molecule has 0 unspecified atom stereocenters. The summed E-state index contributed by atoms with van der Waals surface area (Å²) in [6, 6.07) is 20.9. The second kappa shape index (κ2) is 8.65. The van der Waals surface area contributed by atoms with Gasteiger partial charge in [0.1, 0.15) is 0 Å². The molecule has 3 aromatic rings. The molecule has 0 amide bonds. The van der Waals surface area contributed by atoms with Gasteiger partial charge in [-0.25, -0.2) is 0 Å². The predicted molar refractivity (Wildman–Crippen MR) is 107 cm³/mol. The normalized spacial score (nSPS) is 15.2. The molecule has 4 rings (SSSR count). The highest BCUT2D eigenvalue weighted by atomic mass is 35.5. The molecule has 0 spiro atoms. The minimum atomic E-state index is -0.383. The number of halogens is 1. The minimum absolute atomic E-state index is 0. The summed E-state index contributed by atoms with van der Waals surface area (Å²) in [4.78, 5) is 6.89. The average molecular weight is 385 g/mol. The molecule has 1 aliphatic rings. The highest BCUT2D eigenvalue weighted by Gasteiger charge is 2.39. The lowest BCUT2D eigenvalue weighted by molar-refractivity contribution is 0.207. The van der Waals surface area contributed by atoms with Gasteiger partial charge in [0, 0.05) is 13.1 Å². The van der Waals surface area contributed by atoms with E-state index in [0.29, 0.717) is 18.3 Å². The first-order chi connectivity index (χ1) is 12.7. The Morgan fingerprint density at radius 1 is 0.889 bits per heavy atom. The molecule has 142 valence electrons. The van der Waals surface area contributed by atoms with Crippen molar-refractivity contribution in [1.82, 2.24) is 15.0 Å². The van der Waals surface area contributed by atoms with E-state index < -0.39 is 0 Å². The van der Waals surface area contributed by atoms with Crippen molar-refractivity contribution in [3.63, 3.8) is 0 Å². The van der Waals surface area contributed by atoms with E-state index in [1.165, 1.54) is 11.1 Å². The Bertz CT molecular complexity index is 792. The van der Waals surface area contributed by atoms with Gasteiger partial charge in [-0.3, -0.25) is 4.90 Å². The van der Waals surface area contributed by atoms with Crippen LogP contribution in [0.1, 0.15) is 42.1 Å². The second-order valence-corrected chi connectivity index (χ2v) is 7.14. The van der Waals surface area contributed by atoms with Gasteiger partial charge in [0.15, 0.2) is 5.82 Å². The lowest BCUT2D eigenvalue weighted by Gasteiger charge is -2.34. The number of nitrogens with two attached hydrogens (primary N) is 1. The van der Waals surface area contributed by atoms with Crippen molar-refractivity contribution in [2.45, 2.75) is 44.4 Å². The van der Waals surface area contributed by atoms with E-state index in [1.807, 2.05) is 12.1 Å². The smallest absolute Gasteiger partial charge is 0.240 e. The summed E-state index contributed by atoms with van der Waals surface area (Å²) in [5, 5.41) is 4.14. The van der Waals surface area contributed by atoms with Gasteiger partial charge in [0.25, 0.3) is 0 Å². The van der Waals surface area contributed by atoms with E-state index in [2.05, 4.69) is 63.6 Å². The SMILES string of the molecule is Cl.NC1(c2noc(CN(Cc3ccccc3)Cc3ccccc3)n2)CCC1. The van der Waals surface area contributed by atoms with Crippen molar-refractivity contribution < 1.29 is 4.52 Å². The molecule has 27 heavy (non-hydrogen) atoms. The number of hydrogen-bond donors (Lipinski definition) is 1. The van der Waals surface area contributed by atoms with Gasteiger partial charge in [0.05, 0.1) is 12.1 Å². The topological polar surface area (TPSA) is 68.2 Å². The lowest BCUT2D eigenvalue weighted by Crippen LogP contribution is -2.44. The molecule has 0 bridgehead atoms. The van der Waals surface area contributed by atoms with Crippen molar-refractivity contribution in [3.05, 3.63) is 83.5 Å². The average Bonchev–Trinajstić information content (AvgIpc) is 3.10. The van der Waals surface area contributed by atoms with Gasteiger partial charge in [-0.1, -0.05) is 65.8 Å². The van der Waals surface area contributed by atoms with Gasteiger partial charge in [-0.2, -0.15) is 4.98 Å². The fourth-order valence-corrected chi connectivity index (χ4v) is 3.34. The number of aromatic nitrogens is 2. The predicted octanol–water partition coefficient (Wildman–Crippen LogP) is 4.03. The summed E-state index contributed by atoms with van der Waals surface area (Å²) in [6.45, 7) is 2.25. The van der Waals surface area contributed by atoms with E-state index in [9.17, 15) is 0 Å². The summed E-state index contributed by atoms with van der Waals surface area (Å²) >= 11 is 0. The Morgan fingerprint density at radius 2 is 1.44 bits per heavy atom. The molecule has 0 atom stereocenters. The quantitative estimate of drug-likeness (QED) is 0.666.